The van der Waals surface area contributed by atoms with Crippen molar-refractivity contribution >= 4 is 5.91 Å². The van der Waals surface area contributed by atoms with Crippen molar-refractivity contribution in [3.63, 3.8) is 0 Å². The summed E-state index contributed by atoms with van der Waals surface area (Å²) >= 11 is 0. The third-order valence-corrected chi connectivity index (χ3v) is 2.00. The number of carbonyl (C=O) groups excluding carboxylic acids is 1. The normalized spacial score (nSPS) is 25.2. The quantitative estimate of drug-likeness (QED) is 0.599. The number of hydrogen-bond acceptors (Lipinski definition) is 2. The fourth-order valence-corrected chi connectivity index (χ4v) is 1.41. The molecule has 0 aromatic rings. The summed E-state index contributed by atoms with van der Waals surface area (Å²) in [5.41, 5.74) is 0. The number of rotatable bonds is 2. The van der Waals surface area contributed by atoms with Crippen molar-refractivity contribution in [3.05, 3.63) is 12.7 Å². The van der Waals surface area contributed by atoms with Crippen molar-refractivity contribution in [2.24, 2.45) is 5.92 Å². The molecule has 0 aromatic carbocycles. The molecule has 1 unspecified atom stereocenters. The summed E-state index contributed by atoms with van der Waals surface area (Å²) in [7, 11) is 0. The van der Waals surface area contributed by atoms with Crippen LogP contribution >= 0.6 is 0 Å². The van der Waals surface area contributed by atoms with Gasteiger partial charge in [0.25, 0.3) is 0 Å². The van der Waals surface area contributed by atoms with Crippen LogP contribution in [0.2, 0.25) is 0 Å². The summed E-state index contributed by atoms with van der Waals surface area (Å²) in [6.45, 7) is 8.69. The average Bonchev–Trinajstić information content (AvgIpc) is 2.16. The molecule has 0 radical (unpaired) electrons. The SMILES string of the molecule is C=CCN1CC(C)CNCC1=O. The van der Waals surface area contributed by atoms with Gasteiger partial charge in [-0.1, -0.05) is 13.0 Å². The van der Waals surface area contributed by atoms with Crippen molar-refractivity contribution in [1.29, 1.82) is 0 Å². The minimum Gasteiger partial charge on any atom is -0.338 e. The second-order valence-electron chi connectivity index (χ2n) is 3.32. The first-order chi connectivity index (χ1) is 5.74. The van der Waals surface area contributed by atoms with Crippen LogP contribution in [0.5, 0.6) is 0 Å². The topological polar surface area (TPSA) is 32.3 Å². The van der Waals surface area contributed by atoms with Crippen LogP contribution < -0.4 is 5.32 Å². The van der Waals surface area contributed by atoms with E-state index in [1.165, 1.54) is 0 Å². The van der Waals surface area contributed by atoms with Gasteiger partial charge in [0, 0.05) is 13.1 Å². The maximum absolute atomic E-state index is 11.4. The molecule has 1 atom stereocenters. The molecule has 0 aliphatic carbocycles. The van der Waals surface area contributed by atoms with Gasteiger partial charge in [0.05, 0.1) is 6.54 Å². The summed E-state index contributed by atoms with van der Waals surface area (Å²) in [5.74, 6) is 0.718. The van der Waals surface area contributed by atoms with E-state index in [1.807, 2.05) is 4.90 Å². The zero-order chi connectivity index (χ0) is 8.97. The zero-order valence-electron chi connectivity index (χ0n) is 7.55. The Kier molecular flexibility index (Phi) is 3.29. The van der Waals surface area contributed by atoms with Gasteiger partial charge < -0.3 is 10.2 Å². The molecule has 68 valence electrons. The Balaban J connectivity index is 2.54. The molecule has 1 aliphatic heterocycles. The summed E-state index contributed by atoms with van der Waals surface area (Å²) in [6.07, 6.45) is 1.77. The number of amides is 1. The van der Waals surface area contributed by atoms with Gasteiger partial charge in [0.1, 0.15) is 0 Å². The molecule has 0 bridgehead atoms. The van der Waals surface area contributed by atoms with E-state index in [0.717, 1.165) is 13.1 Å². The van der Waals surface area contributed by atoms with E-state index in [9.17, 15) is 4.79 Å². The van der Waals surface area contributed by atoms with Crippen molar-refractivity contribution in [3.8, 4) is 0 Å². The molecule has 0 spiro atoms. The summed E-state index contributed by atoms with van der Waals surface area (Å²) < 4.78 is 0. The minimum absolute atomic E-state index is 0.180. The molecule has 1 rings (SSSR count). The first-order valence-electron chi connectivity index (χ1n) is 4.33. The highest BCUT2D eigenvalue weighted by Gasteiger charge is 2.18. The number of hydrogen-bond donors (Lipinski definition) is 1. The van der Waals surface area contributed by atoms with E-state index >= 15 is 0 Å². The number of carbonyl (C=O) groups is 1. The number of nitrogens with zero attached hydrogens (tertiary/aromatic N) is 1. The van der Waals surface area contributed by atoms with Gasteiger partial charge in [-0.25, -0.2) is 0 Å². The fraction of sp³-hybridized carbons (Fsp3) is 0.667. The van der Waals surface area contributed by atoms with Crippen LogP contribution in [0.25, 0.3) is 0 Å². The largest absolute Gasteiger partial charge is 0.338 e. The third kappa shape index (κ3) is 2.34. The predicted octanol–water partition coefficient (Wildman–Crippen LogP) is 0.240. The van der Waals surface area contributed by atoms with E-state index < -0.39 is 0 Å². The Morgan fingerprint density at radius 2 is 2.58 bits per heavy atom. The number of nitrogens with one attached hydrogen (secondary N) is 1. The molecule has 0 aromatic heterocycles. The van der Waals surface area contributed by atoms with Gasteiger partial charge in [0.2, 0.25) is 5.91 Å². The molecule has 0 saturated carbocycles. The van der Waals surface area contributed by atoms with Crippen molar-refractivity contribution < 1.29 is 4.79 Å². The van der Waals surface area contributed by atoms with Crippen LogP contribution in [0.3, 0.4) is 0 Å². The Morgan fingerprint density at radius 1 is 1.83 bits per heavy atom. The molecule has 1 fully saturated rings. The third-order valence-electron chi connectivity index (χ3n) is 2.00. The van der Waals surface area contributed by atoms with Gasteiger partial charge >= 0.3 is 0 Å². The van der Waals surface area contributed by atoms with Crippen LogP contribution in [0.4, 0.5) is 0 Å². The molecule has 3 nitrogen and oxygen atoms in total. The van der Waals surface area contributed by atoms with Crippen molar-refractivity contribution in [1.82, 2.24) is 10.2 Å². The first-order valence-corrected chi connectivity index (χ1v) is 4.33. The Hall–Kier alpha value is -0.830. The molecule has 1 N–H and O–H groups in total. The summed E-state index contributed by atoms with van der Waals surface area (Å²) in [6, 6.07) is 0. The molecule has 1 heterocycles. The average molecular weight is 168 g/mol. The lowest BCUT2D eigenvalue weighted by atomic mass is 10.2. The predicted molar refractivity (Wildman–Crippen MR) is 48.8 cm³/mol. The van der Waals surface area contributed by atoms with E-state index in [4.69, 9.17) is 0 Å². The van der Waals surface area contributed by atoms with Crippen LogP contribution in [0.15, 0.2) is 12.7 Å². The lowest BCUT2D eigenvalue weighted by Gasteiger charge is -2.20. The van der Waals surface area contributed by atoms with Crippen LogP contribution in [0.1, 0.15) is 6.92 Å². The lowest BCUT2D eigenvalue weighted by molar-refractivity contribution is -0.129. The lowest BCUT2D eigenvalue weighted by Crippen LogP contribution is -2.35. The standard InChI is InChI=1S/C9H16N2O/c1-3-4-11-7-8(2)5-10-6-9(11)12/h3,8,10H,1,4-7H2,2H3. The molecule has 3 heteroatoms. The van der Waals surface area contributed by atoms with Gasteiger partial charge in [-0.3, -0.25) is 4.79 Å². The minimum atomic E-state index is 0.180. The van der Waals surface area contributed by atoms with Crippen molar-refractivity contribution in [2.75, 3.05) is 26.2 Å². The molecule has 12 heavy (non-hydrogen) atoms. The maximum atomic E-state index is 11.4. The fourth-order valence-electron chi connectivity index (χ4n) is 1.41. The monoisotopic (exact) mass is 168 g/mol. The Morgan fingerprint density at radius 3 is 3.25 bits per heavy atom. The molecular weight excluding hydrogens is 152 g/mol. The highest BCUT2D eigenvalue weighted by Crippen LogP contribution is 2.02. The van der Waals surface area contributed by atoms with Crippen LogP contribution in [-0.4, -0.2) is 37.0 Å². The van der Waals surface area contributed by atoms with E-state index in [1.54, 1.807) is 6.08 Å². The molecule has 1 amide bonds. The highest BCUT2D eigenvalue weighted by atomic mass is 16.2. The zero-order valence-corrected chi connectivity index (χ0v) is 7.55. The van der Waals surface area contributed by atoms with E-state index in [2.05, 4.69) is 18.8 Å². The van der Waals surface area contributed by atoms with Gasteiger partial charge in [-0.05, 0) is 12.5 Å². The molecule has 1 saturated heterocycles. The molecule has 1 aliphatic rings. The Labute approximate surface area is 73.4 Å². The second-order valence-corrected chi connectivity index (χ2v) is 3.32. The van der Waals surface area contributed by atoms with Crippen LogP contribution in [-0.2, 0) is 4.79 Å². The second kappa shape index (κ2) is 4.26. The van der Waals surface area contributed by atoms with Gasteiger partial charge in [0.15, 0.2) is 0 Å². The first kappa shape index (κ1) is 9.26. The van der Waals surface area contributed by atoms with Crippen LogP contribution in [0, 0.1) is 5.92 Å². The van der Waals surface area contributed by atoms with Crippen molar-refractivity contribution in [2.45, 2.75) is 6.92 Å². The Bertz CT molecular complexity index is 179. The highest BCUT2D eigenvalue weighted by molar-refractivity contribution is 5.78. The van der Waals surface area contributed by atoms with E-state index in [0.29, 0.717) is 19.0 Å². The van der Waals surface area contributed by atoms with Gasteiger partial charge in [-0.2, -0.15) is 0 Å². The summed E-state index contributed by atoms with van der Waals surface area (Å²) in [5, 5.41) is 3.11. The summed E-state index contributed by atoms with van der Waals surface area (Å²) in [4.78, 5) is 13.2. The smallest absolute Gasteiger partial charge is 0.236 e. The van der Waals surface area contributed by atoms with Gasteiger partial charge in [-0.15, -0.1) is 6.58 Å². The molecular formula is C9H16N2O. The maximum Gasteiger partial charge on any atom is 0.236 e. The van der Waals surface area contributed by atoms with E-state index in [-0.39, 0.29) is 5.91 Å².